The summed E-state index contributed by atoms with van der Waals surface area (Å²) in [4.78, 5) is 24.6. The monoisotopic (exact) mass is 430 g/mol. The van der Waals surface area contributed by atoms with E-state index in [1.807, 2.05) is 0 Å². The highest BCUT2D eigenvalue weighted by Gasteiger charge is 2.31. The molecule has 0 spiro atoms. The van der Waals surface area contributed by atoms with Gasteiger partial charge in [0.25, 0.3) is 5.91 Å². The van der Waals surface area contributed by atoms with Gasteiger partial charge in [-0.05, 0) is 39.7 Å². The Hall–Kier alpha value is -1.58. The largest absolute Gasteiger partial charge is 0.550 e. The van der Waals surface area contributed by atoms with E-state index in [9.17, 15) is 14.7 Å². The number of aliphatic carboxylic acids is 1. The van der Waals surface area contributed by atoms with Crippen LogP contribution in [0.4, 0.5) is 0 Å². The highest BCUT2D eigenvalue weighted by molar-refractivity contribution is 9.10. The molecule has 0 radical (unpaired) electrons. The van der Waals surface area contributed by atoms with E-state index in [-0.39, 0.29) is 18.9 Å². The number of carboxylic acid groups (broad SMARTS) is 1. The average Bonchev–Trinajstić information content (AvgIpc) is 2.78. The molecule has 1 aliphatic rings. The van der Waals surface area contributed by atoms with E-state index in [2.05, 4.69) is 15.9 Å². The number of hydrogen-bond acceptors (Lipinski definition) is 7. The minimum absolute atomic E-state index is 0.0000316. The fourth-order valence-electron chi connectivity index (χ4n) is 2.07. The quantitative estimate of drug-likeness (QED) is 0.502. The second-order valence-electron chi connectivity index (χ2n) is 4.69. The van der Waals surface area contributed by atoms with Crippen molar-refractivity contribution in [1.82, 2.24) is 4.90 Å². The standard InChI is InChI=1S/C15H14BrNO5S2/c1-21-10-6-8(5-9(16)13(10)22-2)7-11-14(20)17(15(23)24-11)4-3-12(18)19/h5-7H,3-4H2,1-2H3,(H,18,19)/p-1/b11-7-. The van der Waals surface area contributed by atoms with Crippen LogP contribution in [0.3, 0.4) is 0 Å². The number of carbonyl (C=O) groups is 2. The van der Waals surface area contributed by atoms with Crippen LogP contribution in [0.5, 0.6) is 11.5 Å². The fraction of sp³-hybridized carbons (Fsp3) is 0.267. The number of ether oxygens (including phenoxy) is 2. The number of methoxy groups -OCH3 is 2. The van der Waals surface area contributed by atoms with Crippen molar-refractivity contribution in [3.8, 4) is 11.5 Å². The molecule has 0 unspecified atom stereocenters. The number of amides is 1. The third-order valence-electron chi connectivity index (χ3n) is 3.17. The topological polar surface area (TPSA) is 78.9 Å². The first-order chi connectivity index (χ1) is 11.4. The van der Waals surface area contributed by atoms with E-state index in [0.717, 1.165) is 17.3 Å². The molecule has 9 heteroatoms. The number of carbonyl (C=O) groups excluding carboxylic acids is 2. The molecule has 24 heavy (non-hydrogen) atoms. The van der Waals surface area contributed by atoms with Crippen LogP contribution in [0.15, 0.2) is 21.5 Å². The molecule has 1 aromatic rings. The van der Waals surface area contributed by atoms with Crippen LogP contribution in [0.25, 0.3) is 6.08 Å². The van der Waals surface area contributed by atoms with E-state index in [1.165, 1.54) is 19.1 Å². The van der Waals surface area contributed by atoms with Gasteiger partial charge in [0.05, 0.1) is 23.6 Å². The molecular formula is C15H13BrNO5S2-. The Morgan fingerprint density at radius 3 is 2.71 bits per heavy atom. The molecule has 0 saturated carbocycles. The molecule has 2 rings (SSSR count). The smallest absolute Gasteiger partial charge is 0.266 e. The van der Waals surface area contributed by atoms with E-state index in [4.69, 9.17) is 21.7 Å². The average molecular weight is 431 g/mol. The SMILES string of the molecule is COc1cc(/C=C2\SC(=S)N(CCC(=O)[O-])C2=O)cc(Br)c1OC. The number of thiocarbonyl (C=S) groups is 1. The van der Waals surface area contributed by atoms with Crippen molar-refractivity contribution in [2.24, 2.45) is 0 Å². The first kappa shape index (κ1) is 18.8. The lowest BCUT2D eigenvalue weighted by Gasteiger charge is -2.14. The molecule has 1 amide bonds. The first-order valence-corrected chi connectivity index (χ1v) is 8.76. The molecule has 6 nitrogen and oxygen atoms in total. The van der Waals surface area contributed by atoms with Gasteiger partial charge in [-0.1, -0.05) is 24.0 Å². The Kier molecular flexibility index (Phi) is 6.25. The zero-order chi connectivity index (χ0) is 17.9. The Balaban J connectivity index is 2.29. The maximum atomic E-state index is 12.4. The third-order valence-corrected chi connectivity index (χ3v) is 5.13. The summed E-state index contributed by atoms with van der Waals surface area (Å²) < 4.78 is 11.5. The van der Waals surface area contributed by atoms with E-state index < -0.39 is 5.97 Å². The van der Waals surface area contributed by atoms with Gasteiger partial charge in [-0.2, -0.15) is 0 Å². The summed E-state index contributed by atoms with van der Waals surface area (Å²) in [5.74, 6) is -0.476. The van der Waals surface area contributed by atoms with Crippen molar-refractivity contribution in [3.63, 3.8) is 0 Å². The Bertz CT molecular complexity index is 735. The summed E-state index contributed by atoms with van der Waals surface area (Å²) in [6.07, 6.45) is 1.41. The predicted octanol–water partition coefficient (Wildman–Crippen LogP) is 1.81. The number of benzene rings is 1. The maximum absolute atomic E-state index is 12.4. The predicted molar refractivity (Wildman–Crippen MR) is 96.7 cm³/mol. The van der Waals surface area contributed by atoms with Crippen molar-refractivity contribution >= 4 is 62.2 Å². The molecule has 0 aliphatic carbocycles. The second kappa shape index (κ2) is 8.00. The van der Waals surface area contributed by atoms with E-state index >= 15 is 0 Å². The Labute approximate surface area is 156 Å². The third kappa shape index (κ3) is 4.08. The maximum Gasteiger partial charge on any atom is 0.266 e. The number of carboxylic acids is 1. The molecule has 1 aromatic carbocycles. The van der Waals surface area contributed by atoms with Gasteiger partial charge in [-0.15, -0.1) is 0 Å². The van der Waals surface area contributed by atoms with Crippen LogP contribution in [0.2, 0.25) is 0 Å². The Morgan fingerprint density at radius 2 is 2.12 bits per heavy atom. The molecular weight excluding hydrogens is 418 g/mol. The summed E-state index contributed by atoms with van der Waals surface area (Å²) in [6.45, 7) is -0.0000316. The van der Waals surface area contributed by atoms with E-state index in [0.29, 0.717) is 25.2 Å². The van der Waals surface area contributed by atoms with Gasteiger partial charge in [0.15, 0.2) is 11.5 Å². The van der Waals surface area contributed by atoms with Gasteiger partial charge in [-0.25, -0.2) is 0 Å². The molecule has 1 fully saturated rings. The molecule has 1 heterocycles. The van der Waals surface area contributed by atoms with Gasteiger partial charge in [0.2, 0.25) is 0 Å². The summed E-state index contributed by atoms with van der Waals surface area (Å²) >= 11 is 9.66. The molecule has 0 atom stereocenters. The highest BCUT2D eigenvalue weighted by atomic mass is 79.9. The normalized spacial score (nSPS) is 16.0. The van der Waals surface area contributed by atoms with Gasteiger partial charge < -0.3 is 19.4 Å². The van der Waals surface area contributed by atoms with Crippen molar-refractivity contribution in [2.45, 2.75) is 6.42 Å². The zero-order valence-corrected chi connectivity index (χ0v) is 16.0. The number of thioether (sulfide) groups is 1. The Morgan fingerprint density at radius 1 is 1.42 bits per heavy atom. The molecule has 0 bridgehead atoms. The van der Waals surface area contributed by atoms with Crippen molar-refractivity contribution in [1.29, 1.82) is 0 Å². The lowest BCUT2D eigenvalue weighted by atomic mass is 10.2. The summed E-state index contributed by atoms with van der Waals surface area (Å²) in [6, 6.07) is 3.52. The lowest BCUT2D eigenvalue weighted by Crippen LogP contribution is -2.33. The zero-order valence-electron chi connectivity index (χ0n) is 12.8. The minimum atomic E-state index is -1.23. The van der Waals surface area contributed by atoms with Crippen LogP contribution < -0.4 is 14.6 Å². The first-order valence-electron chi connectivity index (χ1n) is 6.74. The number of nitrogens with zero attached hydrogens (tertiary/aromatic N) is 1. The van der Waals surface area contributed by atoms with Gasteiger partial charge in [0, 0.05) is 18.9 Å². The van der Waals surface area contributed by atoms with Crippen LogP contribution in [-0.2, 0) is 9.59 Å². The summed E-state index contributed by atoms with van der Waals surface area (Å²) in [5, 5.41) is 10.6. The fourth-order valence-corrected chi connectivity index (χ4v) is 4.00. The van der Waals surface area contributed by atoms with Crippen LogP contribution >= 0.6 is 39.9 Å². The highest BCUT2D eigenvalue weighted by Crippen LogP contribution is 2.38. The van der Waals surface area contributed by atoms with Crippen molar-refractivity contribution in [2.75, 3.05) is 20.8 Å². The molecule has 0 aromatic heterocycles. The molecule has 1 aliphatic heterocycles. The van der Waals surface area contributed by atoms with Gasteiger partial charge >= 0.3 is 0 Å². The summed E-state index contributed by atoms with van der Waals surface area (Å²) in [5.41, 5.74) is 0.722. The van der Waals surface area contributed by atoms with Crippen LogP contribution in [0, 0.1) is 0 Å². The molecule has 1 saturated heterocycles. The van der Waals surface area contributed by atoms with E-state index in [1.54, 1.807) is 18.2 Å². The number of halogens is 1. The van der Waals surface area contributed by atoms with Gasteiger partial charge in [0.1, 0.15) is 4.32 Å². The number of rotatable bonds is 6. The van der Waals surface area contributed by atoms with Gasteiger partial charge in [-0.3, -0.25) is 9.69 Å². The van der Waals surface area contributed by atoms with Crippen LogP contribution in [0.1, 0.15) is 12.0 Å². The second-order valence-corrected chi connectivity index (χ2v) is 7.22. The van der Waals surface area contributed by atoms with Crippen molar-refractivity contribution < 1.29 is 24.2 Å². The lowest BCUT2D eigenvalue weighted by molar-refractivity contribution is -0.305. The minimum Gasteiger partial charge on any atom is -0.550 e. The molecule has 0 N–H and O–H groups in total. The van der Waals surface area contributed by atoms with Crippen LogP contribution in [-0.4, -0.2) is 41.9 Å². The molecule has 128 valence electrons. The summed E-state index contributed by atoms with van der Waals surface area (Å²) in [7, 11) is 3.05. The van der Waals surface area contributed by atoms with Crippen molar-refractivity contribution in [3.05, 3.63) is 27.1 Å². The number of hydrogen-bond donors (Lipinski definition) is 0.